The van der Waals surface area contributed by atoms with Gasteiger partial charge >= 0.3 is 21.2 Å². The molecule has 0 saturated heterocycles. The lowest BCUT2D eigenvalue weighted by atomic mass is 9.86. The highest BCUT2D eigenvalue weighted by Crippen LogP contribution is 2.23. The molecule has 1 heterocycles. The third-order valence-electron chi connectivity index (χ3n) is 3.46. The van der Waals surface area contributed by atoms with Gasteiger partial charge in [-0.25, -0.2) is 0 Å². The van der Waals surface area contributed by atoms with E-state index in [1.807, 2.05) is 0 Å². The number of fused-ring (bicyclic) bond motifs is 2. The molecule has 2 aromatic carbocycles. The van der Waals surface area contributed by atoms with E-state index in [1.54, 1.807) is 18.3 Å². The first kappa shape index (κ1) is 12.2. The van der Waals surface area contributed by atoms with Crippen LogP contribution in [0.25, 0.3) is 0 Å². The van der Waals surface area contributed by atoms with Crippen molar-refractivity contribution in [2.75, 3.05) is 0 Å². The van der Waals surface area contributed by atoms with Gasteiger partial charge in [0.25, 0.3) is 0 Å². The third-order valence-corrected chi connectivity index (χ3v) is 6.68. The van der Waals surface area contributed by atoms with Crippen molar-refractivity contribution in [2.24, 2.45) is 0 Å². The summed E-state index contributed by atoms with van der Waals surface area (Å²) in [5, 5.41) is 0. The van der Waals surface area contributed by atoms with E-state index in [2.05, 4.69) is 63.2 Å². The smallest absolute Gasteiger partial charge is 0.0617 e. The van der Waals surface area contributed by atoms with Crippen LogP contribution in [0.5, 0.6) is 0 Å². The molecule has 2 aromatic rings. The van der Waals surface area contributed by atoms with Gasteiger partial charge in [-0.2, -0.15) is 0 Å². The first-order valence-corrected chi connectivity index (χ1v) is 8.56. The summed E-state index contributed by atoms with van der Waals surface area (Å²) < 4.78 is 3.23. The molecule has 0 saturated carbocycles. The van der Waals surface area contributed by atoms with E-state index in [4.69, 9.17) is 0 Å². The zero-order chi connectivity index (χ0) is 12.8. The van der Waals surface area contributed by atoms with Crippen LogP contribution in [0.1, 0.15) is 37.5 Å². The Hall–Kier alpha value is -0.830. The molecule has 0 N–H and O–H groups in total. The molecule has 1 aliphatic rings. The van der Waals surface area contributed by atoms with Crippen LogP contribution in [0.3, 0.4) is 0 Å². The topological polar surface area (TPSA) is 0 Å². The lowest BCUT2D eigenvalue weighted by molar-refractivity contribution is -0.601. The summed E-state index contributed by atoms with van der Waals surface area (Å²) in [4.78, 5) is 0. The molecule has 0 unspecified atom stereocenters. The minimum absolute atomic E-state index is 0.0102. The quantitative estimate of drug-likeness (QED) is 0.532. The largest absolute Gasteiger partial charge is 0.358 e. The van der Waals surface area contributed by atoms with Gasteiger partial charge in [0, 0.05) is 17.5 Å². The highest BCUT2D eigenvalue weighted by Gasteiger charge is 2.30. The summed E-state index contributed by atoms with van der Waals surface area (Å²) in [5.41, 5.74) is 4.83. The van der Waals surface area contributed by atoms with E-state index in [0.717, 1.165) is 6.42 Å². The van der Waals surface area contributed by atoms with E-state index in [0.29, 0.717) is 0 Å². The van der Waals surface area contributed by atoms with Crippen molar-refractivity contribution in [1.29, 1.82) is 0 Å². The first-order valence-electron chi connectivity index (χ1n) is 6.40. The summed E-state index contributed by atoms with van der Waals surface area (Å²) in [6.45, 7) is 6.89. The molecule has 0 amide bonds. The maximum Gasteiger partial charge on any atom is 0.358 e. The molecule has 92 valence electrons. The minimum Gasteiger partial charge on any atom is -0.0617 e. The van der Waals surface area contributed by atoms with E-state index < -0.39 is 0 Å². The Balaban J connectivity index is 2.04. The van der Waals surface area contributed by atoms with Crippen molar-refractivity contribution < 1.29 is 21.2 Å². The van der Waals surface area contributed by atoms with Crippen molar-refractivity contribution in [3.8, 4) is 0 Å². The average Bonchev–Trinajstić information content (AvgIpc) is 2.34. The number of hydrogen-bond donors (Lipinski definition) is 0. The maximum atomic E-state index is 2.46. The van der Waals surface area contributed by atoms with Gasteiger partial charge in [-0.05, 0) is 23.1 Å². The highest BCUT2D eigenvalue weighted by atomic mass is 127. The molecule has 0 fully saturated rings. The number of hydrogen-bond acceptors (Lipinski definition) is 0. The van der Waals surface area contributed by atoms with Gasteiger partial charge in [-0.3, -0.25) is 0 Å². The lowest BCUT2D eigenvalue weighted by Crippen LogP contribution is -3.62. The second-order valence-electron chi connectivity index (χ2n) is 5.92. The van der Waals surface area contributed by atoms with E-state index in [-0.39, 0.29) is 26.6 Å². The molecule has 0 radical (unpaired) electrons. The van der Waals surface area contributed by atoms with Crippen LogP contribution in [-0.2, 0) is 11.8 Å². The summed E-state index contributed by atoms with van der Waals surface area (Å²) in [7, 11) is 0. The third kappa shape index (κ3) is 2.20. The SMILES string of the molecule is CC(C)(C)c1ccc2c(c1)[I+]c1ccccc1C2. The Kier molecular flexibility index (Phi) is 2.97. The van der Waals surface area contributed by atoms with Gasteiger partial charge in [0.05, 0.1) is 0 Å². The van der Waals surface area contributed by atoms with Gasteiger partial charge in [-0.15, -0.1) is 0 Å². The Morgan fingerprint density at radius 1 is 0.889 bits per heavy atom. The number of benzene rings is 2. The zero-order valence-electron chi connectivity index (χ0n) is 11.1. The van der Waals surface area contributed by atoms with Crippen LogP contribution in [0.15, 0.2) is 42.5 Å². The summed E-state index contributed by atoms with van der Waals surface area (Å²) in [6.07, 6.45) is 1.12. The van der Waals surface area contributed by atoms with Crippen LogP contribution in [-0.4, -0.2) is 0 Å². The minimum atomic E-state index is 0.0102. The molecule has 0 aliphatic carbocycles. The molecule has 0 bridgehead atoms. The Morgan fingerprint density at radius 2 is 1.61 bits per heavy atom. The monoisotopic (exact) mass is 349 g/mol. The number of rotatable bonds is 0. The molecular formula is C17H18I+. The summed E-state index contributed by atoms with van der Waals surface area (Å²) in [5.74, 6) is 0. The Labute approximate surface area is 120 Å². The summed E-state index contributed by atoms with van der Waals surface area (Å²) >= 11 is 0.0102. The predicted octanol–water partition coefficient (Wildman–Crippen LogP) is 1.02. The van der Waals surface area contributed by atoms with Crippen molar-refractivity contribution in [3.05, 3.63) is 66.3 Å². The first-order chi connectivity index (χ1) is 8.54. The fraction of sp³-hybridized carbons (Fsp3) is 0.294. The highest BCUT2D eigenvalue weighted by molar-refractivity contribution is 5.32. The van der Waals surface area contributed by atoms with E-state index in [9.17, 15) is 0 Å². The van der Waals surface area contributed by atoms with Crippen LogP contribution in [0.4, 0.5) is 0 Å². The van der Waals surface area contributed by atoms with Gasteiger partial charge < -0.3 is 0 Å². The van der Waals surface area contributed by atoms with E-state index in [1.165, 1.54) is 5.56 Å². The van der Waals surface area contributed by atoms with Crippen LogP contribution < -0.4 is 21.2 Å². The molecule has 0 atom stereocenters. The predicted molar refractivity (Wildman–Crippen MR) is 71.8 cm³/mol. The summed E-state index contributed by atoms with van der Waals surface area (Å²) in [6, 6.07) is 16.1. The number of halogens is 1. The molecule has 1 heteroatoms. The average molecular weight is 349 g/mol. The molecule has 0 nitrogen and oxygen atoms in total. The molecular weight excluding hydrogens is 331 g/mol. The Morgan fingerprint density at radius 3 is 2.39 bits per heavy atom. The normalized spacial score (nSPS) is 13.9. The van der Waals surface area contributed by atoms with Crippen LogP contribution in [0, 0.1) is 7.14 Å². The van der Waals surface area contributed by atoms with Gasteiger partial charge in [0.15, 0.2) is 7.14 Å². The van der Waals surface area contributed by atoms with Crippen molar-refractivity contribution in [3.63, 3.8) is 0 Å². The second-order valence-corrected chi connectivity index (χ2v) is 8.78. The molecule has 3 rings (SSSR count). The lowest BCUT2D eigenvalue weighted by Gasteiger charge is -2.20. The molecule has 18 heavy (non-hydrogen) atoms. The van der Waals surface area contributed by atoms with Crippen molar-refractivity contribution in [1.82, 2.24) is 0 Å². The fourth-order valence-corrected chi connectivity index (χ4v) is 5.23. The van der Waals surface area contributed by atoms with Gasteiger partial charge in [-0.1, -0.05) is 51.1 Å². The standard InChI is InChI=1S/C17H18I/c1-17(2,3)14-9-8-13-10-12-6-4-5-7-15(12)18-16(13)11-14/h4-9,11H,10H2,1-3H3/q+1. The molecule has 0 aromatic heterocycles. The van der Waals surface area contributed by atoms with Crippen molar-refractivity contribution in [2.45, 2.75) is 32.6 Å². The van der Waals surface area contributed by atoms with Gasteiger partial charge in [0.1, 0.15) is 0 Å². The fourth-order valence-electron chi connectivity index (χ4n) is 2.29. The van der Waals surface area contributed by atoms with Crippen LogP contribution in [0.2, 0.25) is 0 Å². The second kappa shape index (κ2) is 4.37. The maximum absolute atomic E-state index is 2.46. The molecule has 0 spiro atoms. The Bertz CT molecular complexity index is 591. The van der Waals surface area contributed by atoms with Crippen molar-refractivity contribution >= 4 is 0 Å². The van der Waals surface area contributed by atoms with Gasteiger partial charge in [0.2, 0.25) is 0 Å². The van der Waals surface area contributed by atoms with Crippen LogP contribution >= 0.6 is 0 Å². The zero-order valence-corrected chi connectivity index (χ0v) is 13.3. The molecule has 1 aliphatic heterocycles. The van der Waals surface area contributed by atoms with E-state index >= 15 is 0 Å².